The van der Waals surface area contributed by atoms with E-state index in [4.69, 9.17) is 23.2 Å². The maximum absolute atomic E-state index is 12.2. The van der Waals surface area contributed by atoms with E-state index in [0.29, 0.717) is 34.1 Å². The molecule has 0 aliphatic rings. The second-order valence-corrected chi connectivity index (χ2v) is 7.66. The molecule has 3 aromatic rings. The van der Waals surface area contributed by atoms with Crippen LogP contribution in [0.5, 0.6) is 0 Å². The molecule has 1 heterocycles. The fourth-order valence-corrected chi connectivity index (χ4v) is 3.62. The second kappa shape index (κ2) is 9.78. The van der Waals surface area contributed by atoms with E-state index >= 15 is 0 Å². The molecule has 1 amide bonds. The average Bonchev–Trinajstić information content (AvgIpc) is 3.09. The summed E-state index contributed by atoms with van der Waals surface area (Å²) in [4.78, 5) is 12.2. The van der Waals surface area contributed by atoms with Crippen LogP contribution in [0.25, 0.3) is 11.4 Å². The highest BCUT2D eigenvalue weighted by molar-refractivity contribution is 7.99. The van der Waals surface area contributed by atoms with Crippen molar-refractivity contribution in [1.29, 1.82) is 0 Å². The predicted octanol–water partition coefficient (Wildman–Crippen LogP) is 4.85. The summed E-state index contributed by atoms with van der Waals surface area (Å²) in [5, 5.41) is 13.3. The third-order valence-corrected chi connectivity index (χ3v) is 5.48. The molecule has 0 fully saturated rings. The van der Waals surface area contributed by atoms with Crippen molar-refractivity contribution in [2.24, 2.45) is 0 Å². The largest absolute Gasteiger partial charge is 0.351 e. The number of halogens is 2. The van der Waals surface area contributed by atoms with Crippen molar-refractivity contribution >= 4 is 40.9 Å². The van der Waals surface area contributed by atoms with Gasteiger partial charge in [0.25, 0.3) is 0 Å². The van der Waals surface area contributed by atoms with Crippen molar-refractivity contribution in [3.63, 3.8) is 0 Å². The Balaban J connectivity index is 1.65. The maximum atomic E-state index is 12.2. The first-order chi connectivity index (χ1) is 13.6. The van der Waals surface area contributed by atoms with Crippen LogP contribution in [-0.4, -0.2) is 26.4 Å². The number of benzene rings is 2. The predicted molar refractivity (Wildman–Crippen MR) is 115 cm³/mol. The molecule has 5 nitrogen and oxygen atoms in total. The maximum Gasteiger partial charge on any atom is 0.230 e. The van der Waals surface area contributed by atoms with Gasteiger partial charge in [-0.3, -0.25) is 9.36 Å². The molecule has 0 spiro atoms. The molecule has 0 aliphatic carbocycles. The quantitative estimate of drug-likeness (QED) is 0.408. The molecule has 0 saturated carbocycles. The van der Waals surface area contributed by atoms with Gasteiger partial charge in [-0.15, -0.1) is 16.8 Å². The molecule has 0 unspecified atom stereocenters. The Hall–Kier alpha value is -2.28. The molecule has 8 heteroatoms. The van der Waals surface area contributed by atoms with Gasteiger partial charge >= 0.3 is 0 Å². The smallest absolute Gasteiger partial charge is 0.230 e. The Kier molecular flexibility index (Phi) is 7.14. The van der Waals surface area contributed by atoms with E-state index in [1.54, 1.807) is 24.3 Å². The Morgan fingerprint density at radius 2 is 1.89 bits per heavy atom. The molecule has 1 N–H and O–H groups in total. The molecule has 0 atom stereocenters. The SMILES string of the molecule is C=CCn1c(SCC(=O)NCc2ccccc2Cl)nnc1-c1ccc(Cl)cc1. The molecule has 28 heavy (non-hydrogen) atoms. The van der Waals surface area contributed by atoms with Crippen LogP contribution in [0.1, 0.15) is 5.56 Å². The summed E-state index contributed by atoms with van der Waals surface area (Å²) in [7, 11) is 0. The summed E-state index contributed by atoms with van der Waals surface area (Å²) in [5.41, 5.74) is 1.77. The fraction of sp³-hybridized carbons (Fsp3) is 0.150. The summed E-state index contributed by atoms with van der Waals surface area (Å²) in [6.45, 7) is 4.71. The highest BCUT2D eigenvalue weighted by Gasteiger charge is 2.15. The van der Waals surface area contributed by atoms with Crippen molar-refractivity contribution in [3.8, 4) is 11.4 Å². The number of hydrogen-bond acceptors (Lipinski definition) is 4. The van der Waals surface area contributed by atoms with Crippen LogP contribution in [0.3, 0.4) is 0 Å². The first-order valence-electron chi connectivity index (χ1n) is 8.51. The van der Waals surface area contributed by atoms with Crippen molar-refractivity contribution < 1.29 is 4.79 Å². The lowest BCUT2D eigenvalue weighted by Crippen LogP contribution is -2.24. The van der Waals surface area contributed by atoms with Crippen LogP contribution in [0.4, 0.5) is 0 Å². The molecule has 1 aromatic heterocycles. The molecule has 0 aliphatic heterocycles. The van der Waals surface area contributed by atoms with Gasteiger partial charge in [-0.1, -0.05) is 59.2 Å². The lowest BCUT2D eigenvalue weighted by molar-refractivity contribution is -0.118. The fourth-order valence-electron chi connectivity index (χ4n) is 2.52. The van der Waals surface area contributed by atoms with Crippen LogP contribution in [0, 0.1) is 0 Å². The third-order valence-electron chi connectivity index (χ3n) is 3.90. The Bertz CT molecular complexity index is 973. The second-order valence-electron chi connectivity index (χ2n) is 5.87. The number of carbonyl (C=O) groups is 1. The Morgan fingerprint density at radius 3 is 2.61 bits per heavy atom. The Morgan fingerprint density at radius 1 is 1.14 bits per heavy atom. The van der Waals surface area contributed by atoms with Gasteiger partial charge in [0.1, 0.15) is 0 Å². The van der Waals surface area contributed by atoms with Gasteiger partial charge in [-0.05, 0) is 35.9 Å². The number of allylic oxidation sites excluding steroid dienone is 1. The summed E-state index contributed by atoms with van der Waals surface area (Å²) in [5.74, 6) is 0.821. The third kappa shape index (κ3) is 5.16. The number of nitrogens with zero attached hydrogens (tertiary/aromatic N) is 3. The Labute approximate surface area is 177 Å². The number of carbonyl (C=O) groups excluding carboxylic acids is 1. The van der Waals surface area contributed by atoms with Crippen LogP contribution < -0.4 is 5.32 Å². The van der Waals surface area contributed by atoms with E-state index in [1.165, 1.54) is 11.8 Å². The summed E-state index contributed by atoms with van der Waals surface area (Å²) in [6.07, 6.45) is 1.77. The number of aromatic nitrogens is 3. The van der Waals surface area contributed by atoms with Gasteiger partial charge in [0.15, 0.2) is 11.0 Å². The van der Waals surface area contributed by atoms with E-state index in [1.807, 2.05) is 34.9 Å². The summed E-state index contributed by atoms with van der Waals surface area (Å²) < 4.78 is 1.92. The van der Waals surface area contributed by atoms with E-state index in [0.717, 1.165) is 11.1 Å². The minimum absolute atomic E-state index is 0.105. The average molecular weight is 433 g/mol. The summed E-state index contributed by atoms with van der Waals surface area (Å²) >= 11 is 13.4. The molecule has 0 bridgehead atoms. The number of thioether (sulfide) groups is 1. The molecular formula is C20H18Cl2N4OS. The van der Waals surface area contributed by atoms with Gasteiger partial charge in [-0.25, -0.2) is 0 Å². The molecule has 2 aromatic carbocycles. The zero-order valence-corrected chi connectivity index (χ0v) is 17.3. The first-order valence-corrected chi connectivity index (χ1v) is 10.3. The minimum atomic E-state index is -0.105. The molecule has 0 saturated heterocycles. The van der Waals surface area contributed by atoms with Crippen LogP contribution in [0.2, 0.25) is 10.0 Å². The minimum Gasteiger partial charge on any atom is -0.351 e. The van der Waals surface area contributed by atoms with Gasteiger partial charge < -0.3 is 5.32 Å². The van der Waals surface area contributed by atoms with Crippen LogP contribution in [0.15, 0.2) is 66.3 Å². The lowest BCUT2D eigenvalue weighted by atomic mass is 10.2. The van der Waals surface area contributed by atoms with Crippen LogP contribution >= 0.6 is 35.0 Å². The molecule has 3 rings (SSSR count). The zero-order chi connectivity index (χ0) is 19.9. The van der Waals surface area contributed by atoms with Crippen molar-refractivity contribution in [1.82, 2.24) is 20.1 Å². The molecule has 0 radical (unpaired) electrons. The van der Waals surface area contributed by atoms with Crippen molar-refractivity contribution in [3.05, 3.63) is 76.8 Å². The topological polar surface area (TPSA) is 59.8 Å². The lowest BCUT2D eigenvalue weighted by Gasteiger charge is -2.09. The zero-order valence-electron chi connectivity index (χ0n) is 14.9. The van der Waals surface area contributed by atoms with Crippen LogP contribution in [-0.2, 0) is 17.9 Å². The van der Waals surface area contributed by atoms with E-state index < -0.39 is 0 Å². The van der Waals surface area contributed by atoms with E-state index in [9.17, 15) is 4.79 Å². The van der Waals surface area contributed by atoms with Gasteiger partial charge in [0, 0.05) is 28.7 Å². The first kappa shape index (κ1) is 20.5. The van der Waals surface area contributed by atoms with E-state index in [-0.39, 0.29) is 11.7 Å². The number of amides is 1. The number of hydrogen-bond donors (Lipinski definition) is 1. The van der Waals surface area contributed by atoms with Crippen molar-refractivity contribution in [2.75, 3.05) is 5.75 Å². The standard InChI is InChI=1S/C20H18Cl2N4OS/c1-2-11-26-19(14-7-9-16(21)10-8-14)24-25-20(26)28-13-18(27)23-12-15-5-3-4-6-17(15)22/h2-10H,1,11-13H2,(H,23,27). The van der Waals surface area contributed by atoms with Crippen molar-refractivity contribution in [2.45, 2.75) is 18.2 Å². The number of nitrogens with one attached hydrogen (secondary N) is 1. The van der Waals surface area contributed by atoms with Gasteiger partial charge in [0.05, 0.1) is 5.75 Å². The molecule has 144 valence electrons. The molecular weight excluding hydrogens is 415 g/mol. The highest BCUT2D eigenvalue weighted by Crippen LogP contribution is 2.25. The van der Waals surface area contributed by atoms with Gasteiger partial charge in [-0.2, -0.15) is 0 Å². The highest BCUT2D eigenvalue weighted by atomic mass is 35.5. The normalized spacial score (nSPS) is 10.6. The van der Waals surface area contributed by atoms with Gasteiger partial charge in [0.2, 0.25) is 5.91 Å². The van der Waals surface area contributed by atoms with E-state index in [2.05, 4.69) is 22.1 Å². The number of rotatable bonds is 8. The summed E-state index contributed by atoms with van der Waals surface area (Å²) in [6, 6.07) is 14.8. The monoisotopic (exact) mass is 432 g/mol.